The van der Waals surface area contributed by atoms with Crippen LogP contribution in [0.4, 0.5) is 5.13 Å². The van der Waals surface area contributed by atoms with Gasteiger partial charge in [-0.25, -0.2) is 4.98 Å². The molecule has 0 aliphatic carbocycles. The molecule has 2 aliphatic rings. The molecule has 2 saturated heterocycles. The van der Waals surface area contributed by atoms with Gasteiger partial charge in [0.15, 0.2) is 5.13 Å². The van der Waals surface area contributed by atoms with E-state index in [0.717, 1.165) is 32.8 Å². The van der Waals surface area contributed by atoms with Gasteiger partial charge in [-0.15, -0.1) is 0 Å². The number of nitrogens with zero attached hydrogens (tertiary/aromatic N) is 5. The molecule has 31 heavy (non-hydrogen) atoms. The number of hydrogen-bond acceptors (Lipinski definition) is 6. The summed E-state index contributed by atoms with van der Waals surface area (Å²) in [6.45, 7) is 2.12. The monoisotopic (exact) mass is 432 g/mol. The number of aryl methyl sites for hydroxylation is 2. The van der Waals surface area contributed by atoms with Gasteiger partial charge in [-0.1, -0.05) is 17.8 Å². The SMILES string of the molecule is Cc1cc(-c2cc3sc(N(C)C4CC5CCCC(C4)N5)nc3cn2)cc2cn(C)nc12. The molecular weight excluding hydrogens is 404 g/mol. The Balaban J connectivity index is 1.32. The van der Waals surface area contributed by atoms with Gasteiger partial charge in [0, 0.05) is 49.4 Å². The van der Waals surface area contributed by atoms with Crippen molar-refractivity contribution in [3.8, 4) is 11.3 Å². The molecule has 5 heterocycles. The third-order valence-corrected chi connectivity index (χ3v) is 8.12. The van der Waals surface area contributed by atoms with Gasteiger partial charge in [0.05, 0.1) is 22.1 Å². The topological polar surface area (TPSA) is 58.9 Å². The van der Waals surface area contributed by atoms with Crippen molar-refractivity contribution in [3.05, 3.63) is 36.2 Å². The molecule has 0 spiro atoms. The van der Waals surface area contributed by atoms with Crippen LogP contribution in [0.1, 0.15) is 37.7 Å². The molecule has 2 unspecified atom stereocenters. The smallest absolute Gasteiger partial charge is 0.186 e. The highest BCUT2D eigenvalue weighted by Crippen LogP contribution is 2.35. The molecule has 2 aliphatic heterocycles. The van der Waals surface area contributed by atoms with Crippen LogP contribution in [-0.4, -0.2) is 44.9 Å². The van der Waals surface area contributed by atoms with Gasteiger partial charge in [0.25, 0.3) is 0 Å². The average Bonchev–Trinajstić information content (AvgIpc) is 3.35. The summed E-state index contributed by atoms with van der Waals surface area (Å²) < 4.78 is 3.07. The summed E-state index contributed by atoms with van der Waals surface area (Å²) >= 11 is 1.79. The highest BCUT2D eigenvalue weighted by molar-refractivity contribution is 7.22. The number of piperidine rings is 2. The number of hydrogen-bond donors (Lipinski definition) is 1. The van der Waals surface area contributed by atoms with Gasteiger partial charge in [0.2, 0.25) is 0 Å². The number of aromatic nitrogens is 4. The average molecular weight is 433 g/mol. The van der Waals surface area contributed by atoms with Crippen molar-refractivity contribution in [3.63, 3.8) is 0 Å². The minimum Gasteiger partial charge on any atom is -0.348 e. The zero-order valence-corrected chi connectivity index (χ0v) is 19.1. The molecule has 0 saturated carbocycles. The molecule has 7 heteroatoms. The molecule has 6 nitrogen and oxygen atoms in total. The van der Waals surface area contributed by atoms with Gasteiger partial charge >= 0.3 is 0 Å². The number of thiazole rings is 1. The Morgan fingerprint density at radius 1 is 1.16 bits per heavy atom. The summed E-state index contributed by atoms with van der Waals surface area (Å²) in [6.07, 6.45) is 10.4. The second-order valence-corrected chi connectivity index (χ2v) is 10.3. The standard InChI is InChI=1S/C24H28N6S/c1-14-7-15(8-16-13-29(2)28-23(14)16)20-11-22-21(12-25-20)27-24(31-22)30(3)19-9-17-5-4-6-18(10-19)26-17/h7-8,11-13,17-19,26H,4-6,9-10H2,1-3H3. The highest BCUT2D eigenvalue weighted by atomic mass is 32.1. The summed E-state index contributed by atoms with van der Waals surface area (Å²) in [5.74, 6) is 0. The number of anilines is 1. The second kappa shape index (κ2) is 7.28. The largest absolute Gasteiger partial charge is 0.348 e. The minimum absolute atomic E-state index is 0.570. The van der Waals surface area contributed by atoms with Crippen molar-refractivity contribution in [2.24, 2.45) is 7.05 Å². The number of pyridine rings is 1. The molecule has 2 fully saturated rings. The van der Waals surface area contributed by atoms with E-state index in [1.807, 2.05) is 17.9 Å². The molecule has 1 aromatic carbocycles. The molecular formula is C24H28N6S. The molecule has 0 radical (unpaired) electrons. The van der Waals surface area contributed by atoms with Crippen LogP contribution in [-0.2, 0) is 7.05 Å². The lowest BCUT2D eigenvalue weighted by Crippen LogP contribution is -2.54. The fourth-order valence-corrected chi connectivity index (χ4v) is 6.42. The third kappa shape index (κ3) is 3.40. The lowest BCUT2D eigenvalue weighted by molar-refractivity contribution is 0.219. The van der Waals surface area contributed by atoms with E-state index in [1.165, 1.54) is 42.4 Å². The Morgan fingerprint density at radius 3 is 2.77 bits per heavy atom. The van der Waals surface area contributed by atoms with Crippen molar-refractivity contribution in [2.75, 3.05) is 11.9 Å². The maximum absolute atomic E-state index is 4.94. The first-order chi connectivity index (χ1) is 15.0. The van der Waals surface area contributed by atoms with Crippen molar-refractivity contribution < 1.29 is 0 Å². The van der Waals surface area contributed by atoms with Gasteiger partial charge < -0.3 is 10.2 Å². The van der Waals surface area contributed by atoms with Crippen LogP contribution in [0, 0.1) is 6.92 Å². The molecule has 6 rings (SSSR count). The Bertz CT molecular complexity index is 1260. The molecule has 4 aromatic rings. The summed E-state index contributed by atoms with van der Waals surface area (Å²) in [7, 11) is 4.19. The maximum atomic E-state index is 4.94. The van der Waals surface area contributed by atoms with E-state index in [2.05, 4.69) is 53.7 Å². The Kier molecular flexibility index (Phi) is 4.51. The lowest BCUT2D eigenvalue weighted by Gasteiger charge is -2.43. The molecule has 1 N–H and O–H groups in total. The first-order valence-electron chi connectivity index (χ1n) is 11.2. The number of nitrogens with one attached hydrogen (secondary N) is 1. The van der Waals surface area contributed by atoms with Crippen molar-refractivity contribution in [1.82, 2.24) is 25.1 Å². The quantitative estimate of drug-likeness (QED) is 0.510. The predicted molar refractivity (Wildman–Crippen MR) is 128 cm³/mol. The van der Waals surface area contributed by atoms with Gasteiger partial charge in [-0.2, -0.15) is 5.10 Å². The van der Waals surface area contributed by atoms with Crippen molar-refractivity contribution in [1.29, 1.82) is 0 Å². The fraction of sp³-hybridized carbons (Fsp3) is 0.458. The van der Waals surface area contributed by atoms with Crippen molar-refractivity contribution in [2.45, 2.75) is 57.2 Å². The summed E-state index contributed by atoms with van der Waals surface area (Å²) in [4.78, 5) is 12.1. The first-order valence-corrected chi connectivity index (χ1v) is 12.0. The van der Waals surface area contributed by atoms with Crippen LogP contribution in [0.3, 0.4) is 0 Å². The number of rotatable bonds is 3. The van der Waals surface area contributed by atoms with E-state index in [4.69, 9.17) is 9.97 Å². The molecule has 2 atom stereocenters. The predicted octanol–water partition coefficient (Wildman–Crippen LogP) is 4.66. The third-order valence-electron chi connectivity index (χ3n) is 7.01. The van der Waals surface area contributed by atoms with Crippen LogP contribution in [0.5, 0.6) is 0 Å². The van der Waals surface area contributed by atoms with E-state index in [9.17, 15) is 0 Å². The fourth-order valence-electron chi connectivity index (χ4n) is 5.41. The van der Waals surface area contributed by atoms with Gasteiger partial charge in [0.1, 0.15) is 5.52 Å². The number of fused-ring (bicyclic) bond motifs is 4. The van der Waals surface area contributed by atoms with Crippen LogP contribution < -0.4 is 10.2 Å². The van der Waals surface area contributed by atoms with Gasteiger partial charge in [-0.05, 0) is 56.4 Å². The van der Waals surface area contributed by atoms with E-state index >= 15 is 0 Å². The Labute approximate surface area is 186 Å². The molecule has 0 amide bonds. The summed E-state index contributed by atoms with van der Waals surface area (Å²) in [6, 6.07) is 8.48. The zero-order chi connectivity index (χ0) is 21.1. The van der Waals surface area contributed by atoms with Crippen LogP contribution >= 0.6 is 11.3 Å². The second-order valence-electron chi connectivity index (χ2n) is 9.30. The van der Waals surface area contributed by atoms with Crippen molar-refractivity contribution >= 4 is 37.6 Å². The number of benzene rings is 1. The Hall–Kier alpha value is -2.51. The van der Waals surface area contributed by atoms with Gasteiger partial charge in [-0.3, -0.25) is 9.67 Å². The Morgan fingerprint density at radius 2 is 1.97 bits per heavy atom. The van der Waals surface area contributed by atoms with E-state index in [-0.39, 0.29) is 0 Å². The summed E-state index contributed by atoms with van der Waals surface area (Å²) in [5, 5.41) is 10.6. The van der Waals surface area contributed by atoms with E-state index in [0.29, 0.717) is 18.1 Å². The zero-order valence-electron chi connectivity index (χ0n) is 18.3. The van der Waals surface area contributed by atoms with E-state index in [1.54, 1.807) is 11.3 Å². The lowest BCUT2D eigenvalue weighted by atomic mass is 9.83. The normalized spacial score (nSPS) is 23.5. The van der Waals surface area contributed by atoms with E-state index < -0.39 is 0 Å². The van der Waals surface area contributed by atoms with Crippen LogP contribution in [0.2, 0.25) is 0 Å². The minimum atomic E-state index is 0.570. The molecule has 160 valence electrons. The first kappa shape index (κ1) is 19.2. The molecule has 3 aromatic heterocycles. The van der Waals surface area contributed by atoms with Crippen LogP contribution in [0.25, 0.3) is 32.4 Å². The maximum Gasteiger partial charge on any atom is 0.186 e. The highest BCUT2D eigenvalue weighted by Gasteiger charge is 2.33. The summed E-state index contributed by atoms with van der Waals surface area (Å²) in [5.41, 5.74) is 5.35. The molecule has 2 bridgehead atoms. The van der Waals surface area contributed by atoms with Crippen LogP contribution in [0.15, 0.2) is 30.6 Å².